The first-order valence-electron chi connectivity index (χ1n) is 9.09. The average molecular weight is 359 g/mol. The zero-order valence-electron chi connectivity index (χ0n) is 15.5. The first kappa shape index (κ1) is 17.0. The largest absolute Gasteiger partial charge is 0.444 e. The molecule has 1 aromatic carbocycles. The van der Waals surface area contributed by atoms with E-state index in [1.165, 1.54) is 0 Å². The van der Waals surface area contributed by atoms with Crippen LogP contribution in [-0.4, -0.2) is 47.8 Å². The van der Waals surface area contributed by atoms with Gasteiger partial charge in [-0.25, -0.2) is 9.59 Å². The highest BCUT2D eigenvalue weighted by atomic mass is 16.6. The Labute approximate surface area is 151 Å². The number of hydrogen-bond acceptors (Lipinski definition) is 5. The lowest BCUT2D eigenvalue weighted by molar-refractivity contribution is -0.0434. The molecular weight excluding hydrogens is 334 g/mol. The summed E-state index contributed by atoms with van der Waals surface area (Å²) in [6.45, 7) is 9.10. The Kier molecular flexibility index (Phi) is 3.78. The smallest absolute Gasteiger partial charge is 0.417 e. The summed E-state index contributed by atoms with van der Waals surface area (Å²) in [4.78, 5) is 30.2. The van der Waals surface area contributed by atoms with E-state index in [0.717, 1.165) is 50.2 Å². The van der Waals surface area contributed by atoms with Gasteiger partial charge < -0.3 is 19.0 Å². The van der Waals surface area contributed by atoms with Gasteiger partial charge in [-0.3, -0.25) is 4.98 Å². The molecule has 2 fully saturated rings. The van der Waals surface area contributed by atoms with Crippen LogP contribution in [0.15, 0.2) is 27.4 Å². The van der Waals surface area contributed by atoms with Crippen molar-refractivity contribution in [2.75, 3.05) is 31.1 Å². The van der Waals surface area contributed by atoms with Crippen LogP contribution in [-0.2, 0) is 4.74 Å². The fraction of sp³-hybridized carbons (Fsp3) is 0.579. The molecule has 7 nitrogen and oxygen atoms in total. The number of benzene rings is 1. The van der Waals surface area contributed by atoms with Crippen LogP contribution < -0.4 is 10.7 Å². The second-order valence-corrected chi connectivity index (χ2v) is 8.52. The standard InChI is InChI=1S/C19H25N3O4/c1-18(2,3)26-17(24)22-11-19(12-22)6-8-21(9-7-19)13-4-5-14-15(10-13)25-16(23)20-14/h4-5,10H,6-9,11-12H2,1-3H3,(H,20,23). The molecule has 1 N–H and O–H groups in total. The van der Waals surface area contributed by atoms with Gasteiger partial charge in [0.1, 0.15) is 5.60 Å². The number of nitrogens with one attached hydrogen (secondary N) is 1. The maximum Gasteiger partial charge on any atom is 0.417 e. The Morgan fingerprint density at radius 3 is 2.58 bits per heavy atom. The minimum Gasteiger partial charge on any atom is -0.444 e. The third-order valence-electron chi connectivity index (χ3n) is 5.30. The fourth-order valence-corrected chi connectivity index (χ4v) is 3.91. The Bertz CT molecular complexity index is 876. The molecule has 1 aromatic heterocycles. The van der Waals surface area contributed by atoms with Gasteiger partial charge in [0.15, 0.2) is 5.58 Å². The zero-order valence-corrected chi connectivity index (χ0v) is 15.5. The summed E-state index contributed by atoms with van der Waals surface area (Å²) in [5.41, 5.74) is 2.15. The van der Waals surface area contributed by atoms with Gasteiger partial charge in [-0.05, 0) is 45.7 Å². The number of aromatic nitrogens is 1. The average Bonchev–Trinajstić information content (AvgIpc) is 2.90. The zero-order chi connectivity index (χ0) is 18.5. The highest BCUT2D eigenvalue weighted by molar-refractivity contribution is 5.77. The summed E-state index contributed by atoms with van der Waals surface area (Å²) in [6.07, 6.45) is 1.88. The molecule has 2 saturated heterocycles. The lowest BCUT2D eigenvalue weighted by atomic mass is 9.72. The van der Waals surface area contributed by atoms with E-state index in [4.69, 9.17) is 9.15 Å². The van der Waals surface area contributed by atoms with Crippen LogP contribution in [0.25, 0.3) is 11.1 Å². The van der Waals surface area contributed by atoms with Gasteiger partial charge >= 0.3 is 11.8 Å². The number of carbonyl (C=O) groups is 1. The number of H-pyrrole nitrogens is 1. The van der Waals surface area contributed by atoms with E-state index in [1.807, 2.05) is 39.0 Å². The molecule has 7 heteroatoms. The molecule has 0 bridgehead atoms. The highest BCUT2D eigenvalue weighted by Gasteiger charge is 2.47. The summed E-state index contributed by atoms with van der Waals surface area (Å²) in [6, 6.07) is 5.81. The Balaban J connectivity index is 1.36. The van der Waals surface area contributed by atoms with E-state index < -0.39 is 11.4 Å². The van der Waals surface area contributed by atoms with Crippen LogP contribution in [0, 0.1) is 5.41 Å². The number of rotatable bonds is 1. The number of amides is 1. The number of anilines is 1. The summed E-state index contributed by atoms with van der Waals surface area (Å²) < 4.78 is 10.6. The second-order valence-electron chi connectivity index (χ2n) is 8.52. The number of oxazole rings is 1. The number of piperidine rings is 1. The van der Waals surface area contributed by atoms with Crippen LogP contribution in [0.4, 0.5) is 10.5 Å². The summed E-state index contributed by atoms with van der Waals surface area (Å²) in [5, 5.41) is 0. The van der Waals surface area contributed by atoms with Crippen molar-refractivity contribution in [3.05, 3.63) is 28.7 Å². The quantitative estimate of drug-likeness (QED) is 0.847. The lowest BCUT2D eigenvalue weighted by Gasteiger charge is -2.53. The number of fused-ring (bicyclic) bond motifs is 1. The van der Waals surface area contributed by atoms with Crippen molar-refractivity contribution in [1.29, 1.82) is 0 Å². The molecule has 0 atom stereocenters. The molecule has 3 heterocycles. The van der Waals surface area contributed by atoms with Crippen molar-refractivity contribution in [2.45, 2.75) is 39.2 Å². The number of carbonyl (C=O) groups excluding carboxylic acids is 1. The maximum absolute atomic E-state index is 12.1. The molecular formula is C19H25N3O4. The summed E-state index contributed by atoms with van der Waals surface area (Å²) in [5.74, 6) is -0.425. The van der Waals surface area contributed by atoms with Crippen molar-refractivity contribution in [1.82, 2.24) is 9.88 Å². The maximum atomic E-state index is 12.1. The van der Waals surface area contributed by atoms with Crippen molar-refractivity contribution in [3.8, 4) is 0 Å². The van der Waals surface area contributed by atoms with Gasteiger partial charge in [0.05, 0.1) is 5.52 Å². The molecule has 0 radical (unpaired) electrons. The van der Waals surface area contributed by atoms with Crippen molar-refractivity contribution in [3.63, 3.8) is 0 Å². The van der Waals surface area contributed by atoms with Gasteiger partial charge in [0.25, 0.3) is 0 Å². The number of ether oxygens (including phenoxy) is 1. The molecule has 140 valence electrons. The van der Waals surface area contributed by atoms with Crippen LogP contribution in [0.3, 0.4) is 0 Å². The van der Waals surface area contributed by atoms with Crippen molar-refractivity contribution < 1.29 is 13.9 Å². The van der Waals surface area contributed by atoms with Crippen LogP contribution in [0.5, 0.6) is 0 Å². The predicted octanol–water partition coefficient (Wildman–Crippen LogP) is 2.96. The number of aromatic amines is 1. The Morgan fingerprint density at radius 2 is 1.92 bits per heavy atom. The van der Waals surface area contributed by atoms with Crippen LogP contribution in [0.1, 0.15) is 33.6 Å². The molecule has 0 unspecified atom stereocenters. The van der Waals surface area contributed by atoms with Gasteiger partial charge in [-0.2, -0.15) is 0 Å². The van der Waals surface area contributed by atoms with Crippen molar-refractivity contribution >= 4 is 22.9 Å². The molecule has 2 aliphatic heterocycles. The second kappa shape index (κ2) is 5.79. The molecule has 26 heavy (non-hydrogen) atoms. The van der Waals surface area contributed by atoms with Gasteiger partial charge in [-0.1, -0.05) is 0 Å². The van der Waals surface area contributed by atoms with Crippen molar-refractivity contribution in [2.24, 2.45) is 5.41 Å². The number of hydrogen-bond donors (Lipinski definition) is 1. The van der Waals surface area contributed by atoms with E-state index in [2.05, 4.69) is 9.88 Å². The first-order valence-corrected chi connectivity index (χ1v) is 9.09. The van der Waals surface area contributed by atoms with E-state index in [9.17, 15) is 9.59 Å². The normalized spacial score (nSPS) is 19.7. The minimum absolute atomic E-state index is 0.210. The highest BCUT2D eigenvalue weighted by Crippen LogP contribution is 2.42. The molecule has 4 rings (SSSR count). The third-order valence-corrected chi connectivity index (χ3v) is 5.30. The third kappa shape index (κ3) is 3.18. The monoisotopic (exact) mass is 359 g/mol. The first-order chi connectivity index (χ1) is 12.2. The van der Waals surface area contributed by atoms with Gasteiger partial charge in [0.2, 0.25) is 0 Å². The summed E-state index contributed by atoms with van der Waals surface area (Å²) >= 11 is 0. The van der Waals surface area contributed by atoms with Gasteiger partial charge in [0, 0.05) is 43.3 Å². The SMILES string of the molecule is CC(C)(C)OC(=O)N1CC2(CCN(c3ccc4[nH]c(=O)oc4c3)CC2)C1. The van der Waals surface area contributed by atoms with Gasteiger partial charge in [-0.15, -0.1) is 0 Å². The molecule has 0 aliphatic carbocycles. The molecule has 0 saturated carbocycles. The number of nitrogens with zero attached hydrogens (tertiary/aromatic N) is 2. The van der Waals surface area contributed by atoms with Crippen LogP contribution in [0.2, 0.25) is 0 Å². The predicted molar refractivity (Wildman–Crippen MR) is 98.5 cm³/mol. The molecule has 1 spiro atoms. The summed E-state index contributed by atoms with van der Waals surface area (Å²) in [7, 11) is 0. The molecule has 1 amide bonds. The minimum atomic E-state index is -0.449. The Morgan fingerprint density at radius 1 is 1.23 bits per heavy atom. The van der Waals surface area contributed by atoms with E-state index in [0.29, 0.717) is 5.58 Å². The van der Waals surface area contributed by atoms with E-state index in [-0.39, 0.29) is 11.5 Å². The molecule has 2 aliphatic rings. The van der Waals surface area contributed by atoms with E-state index >= 15 is 0 Å². The van der Waals surface area contributed by atoms with E-state index in [1.54, 1.807) is 4.90 Å². The topological polar surface area (TPSA) is 78.8 Å². The van der Waals surface area contributed by atoms with Crippen LogP contribution >= 0.6 is 0 Å². The lowest BCUT2D eigenvalue weighted by Crippen LogP contribution is -2.62. The fourth-order valence-electron chi connectivity index (χ4n) is 3.91. The Hall–Kier alpha value is -2.44. The molecule has 2 aromatic rings. The number of likely N-dealkylation sites (tertiary alicyclic amines) is 1.